The number of carbonyl (C=O) groups excluding carboxylic acids is 2. The van der Waals surface area contributed by atoms with Crippen LogP contribution in [-0.2, 0) is 22.7 Å². The van der Waals surface area contributed by atoms with E-state index < -0.39 is 0 Å². The predicted molar refractivity (Wildman–Crippen MR) is 68.8 cm³/mol. The Morgan fingerprint density at radius 2 is 1.89 bits per heavy atom. The molecule has 0 atom stereocenters. The van der Waals surface area contributed by atoms with Crippen LogP contribution in [0.4, 0.5) is 0 Å². The van der Waals surface area contributed by atoms with E-state index in [0.29, 0.717) is 30.8 Å². The lowest BCUT2D eigenvalue weighted by atomic mass is 10.1. The minimum absolute atomic E-state index is 0.120. The van der Waals surface area contributed by atoms with Gasteiger partial charge in [-0.15, -0.1) is 0 Å². The Bertz CT molecular complexity index is 472. The lowest BCUT2D eigenvalue weighted by Crippen LogP contribution is -2.39. The number of nitrogens with zero attached hydrogens (tertiary/aromatic N) is 1. The molecule has 1 aromatic carbocycles. The number of nitrogens with two attached hydrogens (primary N) is 1. The molecular weight excluding hydrogens is 252 g/mol. The number of halogens is 1. The quantitative estimate of drug-likeness (QED) is 0.849. The van der Waals surface area contributed by atoms with Gasteiger partial charge < -0.3 is 5.73 Å². The van der Waals surface area contributed by atoms with Gasteiger partial charge >= 0.3 is 0 Å². The van der Waals surface area contributed by atoms with Gasteiger partial charge in [0.1, 0.15) is 0 Å². The summed E-state index contributed by atoms with van der Waals surface area (Å²) in [5, 5.41) is 0.545. The van der Waals surface area contributed by atoms with E-state index in [9.17, 15) is 9.59 Å². The van der Waals surface area contributed by atoms with Crippen LogP contribution in [0, 0.1) is 0 Å². The molecule has 1 heterocycles. The largest absolute Gasteiger partial charge is 0.326 e. The van der Waals surface area contributed by atoms with Crippen molar-refractivity contribution in [3.63, 3.8) is 0 Å². The minimum atomic E-state index is -0.120. The summed E-state index contributed by atoms with van der Waals surface area (Å²) in [7, 11) is 0. The van der Waals surface area contributed by atoms with Crippen molar-refractivity contribution in [1.82, 2.24) is 4.90 Å². The van der Waals surface area contributed by atoms with Crippen molar-refractivity contribution in [2.24, 2.45) is 5.73 Å². The van der Waals surface area contributed by atoms with Crippen molar-refractivity contribution >= 4 is 23.4 Å². The van der Waals surface area contributed by atoms with Gasteiger partial charge in [0.25, 0.3) is 0 Å². The maximum atomic E-state index is 11.7. The molecule has 0 saturated carbocycles. The van der Waals surface area contributed by atoms with Crippen LogP contribution >= 0.6 is 11.6 Å². The molecule has 1 aromatic rings. The molecule has 2 rings (SSSR count). The van der Waals surface area contributed by atoms with Gasteiger partial charge in [-0.05, 0) is 23.6 Å². The highest BCUT2D eigenvalue weighted by atomic mass is 35.5. The summed E-state index contributed by atoms with van der Waals surface area (Å²) in [6.07, 6.45) is 1.52. The van der Waals surface area contributed by atoms with E-state index in [-0.39, 0.29) is 18.4 Å². The zero-order valence-corrected chi connectivity index (χ0v) is 10.7. The third-order valence-electron chi connectivity index (χ3n) is 3.07. The maximum absolute atomic E-state index is 11.7. The number of amides is 2. The molecule has 1 aliphatic rings. The number of hydrogen-bond acceptors (Lipinski definition) is 3. The van der Waals surface area contributed by atoms with E-state index in [4.69, 9.17) is 17.3 Å². The topological polar surface area (TPSA) is 63.4 Å². The van der Waals surface area contributed by atoms with Crippen LogP contribution in [-0.4, -0.2) is 16.7 Å². The molecule has 0 unspecified atom stereocenters. The van der Waals surface area contributed by atoms with Crippen LogP contribution in [0.15, 0.2) is 18.2 Å². The van der Waals surface area contributed by atoms with Crippen molar-refractivity contribution in [2.75, 3.05) is 0 Å². The van der Waals surface area contributed by atoms with Crippen LogP contribution in [0.5, 0.6) is 0 Å². The molecule has 4 nitrogen and oxygen atoms in total. The molecule has 1 aliphatic heterocycles. The van der Waals surface area contributed by atoms with Gasteiger partial charge in [-0.1, -0.05) is 23.7 Å². The smallest absolute Gasteiger partial charge is 0.229 e. The lowest BCUT2D eigenvalue weighted by molar-refractivity contribution is -0.148. The van der Waals surface area contributed by atoms with Gasteiger partial charge in [0.15, 0.2) is 0 Å². The summed E-state index contributed by atoms with van der Waals surface area (Å²) in [4.78, 5) is 24.7. The second-order valence-corrected chi connectivity index (χ2v) is 4.76. The number of piperidine rings is 1. The van der Waals surface area contributed by atoms with Crippen LogP contribution in [0.2, 0.25) is 5.02 Å². The standard InChI is InChI=1S/C13H15ClN2O2/c14-11-6-9(7-15)4-5-10(11)8-16-12(17)2-1-3-13(16)18/h4-6H,1-3,7-8,15H2. The third-order valence-corrected chi connectivity index (χ3v) is 3.42. The Labute approximate surface area is 111 Å². The van der Waals surface area contributed by atoms with Crippen LogP contribution in [0.25, 0.3) is 0 Å². The van der Waals surface area contributed by atoms with E-state index in [1.165, 1.54) is 4.90 Å². The number of benzene rings is 1. The van der Waals surface area contributed by atoms with Crippen LogP contribution in [0.3, 0.4) is 0 Å². The molecule has 1 saturated heterocycles. The molecular formula is C13H15ClN2O2. The molecule has 0 aromatic heterocycles. The first-order valence-corrected chi connectivity index (χ1v) is 6.30. The van der Waals surface area contributed by atoms with Gasteiger partial charge in [-0.25, -0.2) is 0 Å². The van der Waals surface area contributed by atoms with E-state index in [0.717, 1.165) is 11.1 Å². The van der Waals surface area contributed by atoms with Crippen molar-refractivity contribution in [3.8, 4) is 0 Å². The predicted octanol–water partition coefficient (Wildman–Crippen LogP) is 1.84. The summed E-state index contributed by atoms with van der Waals surface area (Å²) in [6, 6.07) is 5.45. The number of rotatable bonds is 3. The highest BCUT2D eigenvalue weighted by Crippen LogP contribution is 2.22. The summed E-state index contributed by atoms with van der Waals surface area (Å²) < 4.78 is 0. The Kier molecular flexibility index (Phi) is 3.99. The highest BCUT2D eigenvalue weighted by molar-refractivity contribution is 6.31. The molecule has 0 aliphatic carbocycles. The molecule has 1 fully saturated rings. The molecule has 2 N–H and O–H groups in total. The molecule has 0 radical (unpaired) electrons. The average Bonchev–Trinajstić information content (AvgIpc) is 2.35. The molecule has 0 spiro atoms. The van der Waals surface area contributed by atoms with Gasteiger partial charge in [0.2, 0.25) is 11.8 Å². The number of likely N-dealkylation sites (tertiary alicyclic amines) is 1. The Hall–Kier alpha value is -1.39. The summed E-state index contributed by atoms with van der Waals surface area (Å²) in [6.45, 7) is 0.670. The Morgan fingerprint density at radius 1 is 1.22 bits per heavy atom. The van der Waals surface area contributed by atoms with Crippen molar-refractivity contribution in [3.05, 3.63) is 34.3 Å². The first-order valence-electron chi connectivity index (χ1n) is 5.92. The lowest BCUT2D eigenvalue weighted by Gasteiger charge is -2.25. The normalized spacial score (nSPS) is 16.2. The first-order chi connectivity index (χ1) is 8.61. The minimum Gasteiger partial charge on any atom is -0.326 e. The van der Waals surface area contributed by atoms with E-state index in [2.05, 4.69) is 0 Å². The first kappa shape index (κ1) is 13.1. The summed E-state index contributed by atoms with van der Waals surface area (Å²) in [5.41, 5.74) is 7.23. The van der Waals surface area contributed by atoms with Crippen LogP contribution in [0.1, 0.15) is 30.4 Å². The average molecular weight is 267 g/mol. The van der Waals surface area contributed by atoms with Crippen molar-refractivity contribution in [1.29, 1.82) is 0 Å². The fraction of sp³-hybridized carbons (Fsp3) is 0.385. The van der Waals surface area contributed by atoms with E-state index in [1.807, 2.05) is 12.1 Å². The Morgan fingerprint density at radius 3 is 2.44 bits per heavy atom. The molecule has 96 valence electrons. The monoisotopic (exact) mass is 266 g/mol. The summed E-state index contributed by atoms with van der Waals surface area (Å²) in [5.74, 6) is -0.240. The van der Waals surface area contributed by atoms with Crippen molar-refractivity contribution in [2.45, 2.75) is 32.4 Å². The zero-order chi connectivity index (χ0) is 13.1. The SMILES string of the molecule is NCc1ccc(CN2C(=O)CCCC2=O)c(Cl)c1. The van der Waals surface area contributed by atoms with Crippen molar-refractivity contribution < 1.29 is 9.59 Å². The number of hydrogen-bond donors (Lipinski definition) is 1. The molecule has 18 heavy (non-hydrogen) atoms. The highest BCUT2D eigenvalue weighted by Gasteiger charge is 2.26. The maximum Gasteiger partial charge on any atom is 0.229 e. The van der Waals surface area contributed by atoms with E-state index in [1.54, 1.807) is 6.07 Å². The molecule has 2 amide bonds. The second kappa shape index (κ2) is 5.50. The van der Waals surface area contributed by atoms with Gasteiger partial charge in [0.05, 0.1) is 6.54 Å². The molecule has 0 bridgehead atoms. The summed E-state index contributed by atoms with van der Waals surface area (Å²) >= 11 is 6.12. The Balaban J connectivity index is 2.17. The van der Waals surface area contributed by atoms with Gasteiger partial charge in [0, 0.05) is 24.4 Å². The fourth-order valence-corrected chi connectivity index (χ4v) is 2.26. The van der Waals surface area contributed by atoms with Gasteiger partial charge in [-0.2, -0.15) is 0 Å². The van der Waals surface area contributed by atoms with Gasteiger partial charge in [-0.3, -0.25) is 14.5 Å². The molecule has 5 heteroatoms. The number of carbonyl (C=O) groups is 2. The zero-order valence-electron chi connectivity index (χ0n) is 9.99. The second-order valence-electron chi connectivity index (χ2n) is 4.36. The van der Waals surface area contributed by atoms with Crippen LogP contribution < -0.4 is 5.73 Å². The fourth-order valence-electron chi connectivity index (χ4n) is 1.99. The van der Waals surface area contributed by atoms with E-state index >= 15 is 0 Å². The number of imide groups is 1. The third kappa shape index (κ3) is 2.71.